The van der Waals surface area contributed by atoms with Crippen molar-refractivity contribution in [2.75, 3.05) is 7.11 Å². The van der Waals surface area contributed by atoms with E-state index in [0.29, 0.717) is 30.8 Å². The minimum Gasteiger partial charge on any atom is -0.493 e. The van der Waals surface area contributed by atoms with Gasteiger partial charge in [0.2, 0.25) is 10.0 Å². The second-order valence-electron chi connectivity index (χ2n) is 8.21. The fraction of sp³-hybridized carbons (Fsp3) is 0.500. The Balaban J connectivity index is 0.00000112. The highest BCUT2D eigenvalue weighted by Gasteiger charge is 2.54. The molecule has 2 aromatic carbocycles. The van der Waals surface area contributed by atoms with Crippen molar-refractivity contribution in [1.29, 1.82) is 0 Å². The summed E-state index contributed by atoms with van der Waals surface area (Å²) in [5.74, 6) is 1.07. The minimum atomic E-state index is -3.52. The lowest BCUT2D eigenvalue weighted by molar-refractivity contribution is 0.0305. The van der Waals surface area contributed by atoms with Gasteiger partial charge in [-0.1, -0.05) is 50.2 Å². The Morgan fingerprint density at radius 3 is 2.58 bits per heavy atom. The molecule has 0 aromatic heterocycles. The van der Waals surface area contributed by atoms with Crippen LogP contribution in [0.2, 0.25) is 0 Å². The van der Waals surface area contributed by atoms with E-state index in [0.717, 1.165) is 16.7 Å². The van der Waals surface area contributed by atoms with Crippen LogP contribution >= 0.6 is 0 Å². The predicted molar refractivity (Wildman–Crippen MR) is 119 cm³/mol. The van der Waals surface area contributed by atoms with Crippen LogP contribution in [0, 0.1) is 5.92 Å². The van der Waals surface area contributed by atoms with E-state index >= 15 is 0 Å². The number of rotatable bonds is 5. The number of nitrogens with one attached hydrogen (secondary N) is 1. The minimum absolute atomic E-state index is 0.0124. The Labute approximate surface area is 184 Å². The van der Waals surface area contributed by atoms with Crippen molar-refractivity contribution >= 4 is 10.0 Å². The average molecular weight is 448 g/mol. The summed E-state index contributed by atoms with van der Waals surface area (Å²) >= 11 is 0. The summed E-state index contributed by atoms with van der Waals surface area (Å²) in [5, 5.41) is 0. The van der Waals surface area contributed by atoms with Gasteiger partial charge in [0.05, 0.1) is 12.9 Å². The van der Waals surface area contributed by atoms with Crippen LogP contribution in [0.5, 0.6) is 11.5 Å². The highest BCUT2D eigenvalue weighted by atomic mass is 32.2. The molecule has 2 aromatic rings. The molecule has 5 nitrogen and oxygen atoms in total. The van der Waals surface area contributed by atoms with Gasteiger partial charge in [-0.05, 0) is 42.4 Å². The average Bonchev–Trinajstić information content (AvgIpc) is 3.18. The summed E-state index contributed by atoms with van der Waals surface area (Å²) in [6.07, 6.45) is -0.0235. The van der Waals surface area contributed by atoms with Gasteiger partial charge in [0.25, 0.3) is 0 Å². The second kappa shape index (κ2) is 8.79. The van der Waals surface area contributed by atoms with Gasteiger partial charge in [0, 0.05) is 17.5 Å². The Kier molecular flexibility index (Phi) is 6.26. The first-order chi connectivity index (χ1) is 15.0. The predicted octanol–water partition coefficient (Wildman–Crippen LogP) is 4.36. The number of halogens is 1. The first-order valence-corrected chi connectivity index (χ1v) is 12.7. The molecule has 7 heteroatoms. The lowest BCUT2D eigenvalue weighted by atomic mass is 9.65. The van der Waals surface area contributed by atoms with E-state index in [1.54, 1.807) is 7.11 Å². The second-order valence-corrected chi connectivity index (χ2v) is 9.96. The van der Waals surface area contributed by atoms with Crippen LogP contribution in [-0.4, -0.2) is 33.8 Å². The lowest BCUT2D eigenvalue weighted by Gasteiger charge is -2.43. The van der Waals surface area contributed by atoms with Crippen LogP contribution in [0.4, 0.5) is 4.39 Å². The topological polar surface area (TPSA) is 64.6 Å². The zero-order chi connectivity index (χ0) is 22.2. The first-order valence-electron chi connectivity index (χ1n) is 11.0. The number of ether oxygens (including phenoxy) is 2. The summed E-state index contributed by atoms with van der Waals surface area (Å²) in [6, 6.07) is 12.7. The third-order valence-corrected chi connectivity index (χ3v) is 7.87. The van der Waals surface area contributed by atoms with Crippen molar-refractivity contribution in [3.05, 3.63) is 59.2 Å². The van der Waals surface area contributed by atoms with E-state index in [9.17, 15) is 12.8 Å². The summed E-state index contributed by atoms with van der Waals surface area (Å²) in [4.78, 5) is 0. The van der Waals surface area contributed by atoms with Crippen molar-refractivity contribution in [3.63, 3.8) is 0 Å². The van der Waals surface area contributed by atoms with Crippen molar-refractivity contribution in [2.45, 2.75) is 63.1 Å². The van der Waals surface area contributed by atoms with Gasteiger partial charge in [0.1, 0.15) is 12.3 Å². The van der Waals surface area contributed by atoms with Crippen LogP contribution in [0.15, 0.2) is 42.5 Å². The molecule has 3 unspecified atom stereocenters. The Bertz CT molecular complexity index is 1030. The van der Waals surface area contributed by atoms with Crippen LogP contribution < -0.4 is 14.2 Å². The highest BCUT2D eigenvalue weighted by molar-refractivity contribution is 7.88. The van der Waals surface area contributed by atoms with Gasteiger partial charge in [-0.25, -0.2) is 17.5 Å². The molecular weight excluding hydrogens is 417 g/mol. The molecule has 0 spiro atoms. The van der Waals surface area contributed by atoms with Gasteiger partial charge in [0.15, 0.2) is 11.5 Å². The molecule has 1 aliphatic heterocycles. The first kappa shape index (κ1) is 22.1. The van der Waals surface area contributed by atoms with Crippen molar-refractivity contribution in [3.8, 4) is 11.5 Å². The van der Waals surface area contributed by atoms with Gasteiger partial charge >= 0.3 is 0 Å². The molecule has 0 radical (unpaired) electrons. The van der Waals surface area contributed by atoms with E-state index in [2.05, 4.69) is 4.72 Å². The molecular formula is C24H30FNO4S. The Morgan fingerprint density at radius 2 is 1.87 bits per heavy atom. The van der Waals surface area contributed by atoms with Crippen LogP contribution in [0.3, 0.4) is 0 Å². The number of hydrogen-bond donors (Lipinski definition) is 1. The fourth-order valence-corrected chi connectivity index (χ4v) is 6.74. The zero-order valence-corrected chi connectivity index (χ0v) is 19.0. The molecule has 31 heavy (non-hydrogen) atoms. The molecule has 168 valence electrons. The third-order valence-electron chi connectivity index (χ3n) is 6.49. The van der Waals surface area contributed by atoms with Crippen LogP contribution in [0.1, 0.15) is 49.3 Å². The number of benzene rings is 2. The van der Waals surface area contributed by atoms with E-state index in [1.165, 1.54) is 0 Å². The van der Waals surface area contributed by atoms with Crippen molar-refractivity contribution < 1.29 is 22.3 Å². The fourth-order valence-electron chi connectivity index (χ4n) is 5.31. The lowest BCUT2D eigenvalue weighted by Crippen LogP contribution is -2.52. The van der Waals surface area contributed by atoms with Gasteiger partial charge in [-0.2, -0.15) is 0 Å². The number of methoxy groups -OCH3 is 1. The van der Waals surface area contributed by atoms with Gasteiger partial charge in [-0.3, -0.25) is 0 Å². The molecule has 0 saturated heterocycles. The summed E-state index contributed by atoms with van der Waals surface area (Å²) in [7, 11) is -1.94. The number of sulfonamides is 1. The summed E-state index contributed by atoms with van der Waals surface area (Å²) in [6.45, 7) is 4.00. The van der Waals surface area contributed by atoms with E-state index in [1.807, 2.05) is 56.3 Å². The van der Waals surface area contributed by atoms with E-state index < -0.39 is 22.3 Å². The van der Waals surface area contributed by atoms with Crippen molar-refractivity contribution in [1.82, 2.24) is 4.72 Å². The largest absolute Gasteiger partial charge is 0.493 e. The normalized spacial score (nSPS) is 28.1. The Morgan fingerprint density at radius 1 is 1.13 bits per heavy atom. The summed E-state index contributed by atoms with van der Waals surface area (Å²) < 4.78 is 54.9. The molecule has 2 aliphatic carbocycles. The molecule has 1 saturated carbocycles. The molecule has 3 aliphatic rings. The number of hydrogen-bond acceptors (Lipinski definition) is 4. The SMILES string of the molecule is CC.COc1ccc2c3c1O[C@@H]1C(F)CCC(C31)[C@@H](NS(=O)(=O)Cc1ccccc1)C2. The quantitative estimate of drug-likeness (QED) is 0.740. The zero-order valence-electron chi connectivity index (χ0n) is 18.2. The molecule has 0 amide bonds. The maximum Gasteiger partial charge on any atom is 0.216 e. The van der Waals surface area contributed by atoms with E-state index in [-0.39, 0.29) is 23.6 Å². The molecule has 1 N–H and O–H groups in total. The summed E-state index contributed by atoms with van der Waals surface area (Å²) in [5.41, 5.74) is 2.78. The molecule has 1 heterocycles. The molecule has 5 rings (SSSR count). The molecule has 1 fully saturated rings. The maximum atomic E-state index is 14.7. The van der Waals surface area contributed by atoms with Gasteiger partial charge < -0.3 is 9.47 Å². The molecule has 0 bridgehead atoms. The monoisotopic (exact) mass is 447 g/mol. The van der Waals surface area contributed by atoms with Gasteiger partial charge in [-0.15, -0.1) is 0 Å². The van der Waals surface area contributed by atoms with Crippen LogP contribution in [0.25, 0.3) is 0 Å². The highest BCUT2D eigenvalue weighted by Crippen LogP contribution is 2.57. The van der Waals surface area contributed by atoms with E-state index in [4.69, 9.17) is 9.47 Å². The van der Waals surface area contributed by atoms with Crippen LogP contribution in [-0.2, 0) is 22.2 Å². The standard InChI is InChI=1S/C22H24FNO4S.C2H6/c1-27-18-10-7-14-11-17(24-29(25,26)12-13-5-3-2-4-6-13)15-8-9-16(23)21-20(15)19(14)22(18)28-21;1-2/h2-7,10,15-17,20-21,24H,8-9,11-12H2,1H3;1-2H3/t15?,16?,17-,20?,21+;/m0./s1. The Hall–Kier alpha value is -2.12. The molecule has 5 atom stereocenters. The van der Waals surface area contributed by atoms with Crippen molar-refractivity contribution in [2.24, 2.45) is 5.92 Å². The third kappa shape index (κ3) is 4.05. The maximum absolute atomic E-state index is 14.7. The smallest absolute Gasteiger partial charge is 0.216 e. The number of alkyl halides is 1.